The summed E-state index contributed by atoms with van der Waals surface area (Å²) in [5.41, 5.74) is 1.77. The van der Waals surface area contributed by atoms with E-state index in [9.17, 15) is 4.39 Å². The molecule has 18 heavy (non-hydrogen) atoms. The van der Waals surface area contributed by atoms with Crippen molar-refractivity contribution >= 4 is 5.82 Å². The van der Waals surface area contributed by atoms with Gasteiger partial charge in [-0.1, -0.05) is 12.1 Å². The SMILES string of the molecule is CNc1cc(C2CC2)nc(-c2cccc(F)c2)n1. The van der Waals surface area contributed by atoms with Crippen LogP contribution in [0.1, 0.15) is 24.5 Å². The highest BCUT2D eigenvalue weighted by Crippen LogP contribution is 2.40. The summed E-state index contributed by atoms with van der Waals surface area (Å²) in [5, 5.41) is 3.03. The van der Waals surface area contributed by atoms with Gasteiger partial charge in [0, 0.05) is 30.3 Å². The van der Waals surface area contributed by atoms with E-state index in [0.29, 0.717) is 17.3 Å². The van der Waals surface area contributed by atoms with Gasteiger partial charge in [-0.15, -0.1) is 0 Å². The first kappa shape index (κ1) is 11.1. The van der Waals surface area contributed by atoms with Crippen molar-refractivity contribution in [3.8, 4) is 11.4 Å². The molecular weight excluding hydrogens is 229 g/mol. The maximum atomic E-state index is 13.2. The molecule has 1 N–H and O–H groups in total. The molecule has 92 valence electrons. The summed E-state index contributed by atoms with van der Waals surface area (Å²) in [6, 6.07) is 8.37. The lowest BCUT2D eigenvalue weighted by molar-refractivity contribution is 0.628. The number of hydrogen-bond acceptors (Lipinski definition) is 3. The average Bonchev–Trinajstić information content (AvgIpc) is 3.22. The first-order valence-corrected chi connectivity index (χ1v) is 6.09. The highest BCUT2D eigenvalue weighted by Gasteiger charge is 2.26. The summed E-state index contributed by atoms with van der Waals surface area (Å²) in [6.07, 6.45) is 2.37. The van der Waals surface area contributed by atoms with Crippen LogP contribution < -0.4 is 5.32 Å². The Balaban J connectivity index is 2.07. The minimum absolute atomic E-state index is 0.265. The quantitative estimate of drug-likeness (QED) is 0.899. The minimum atomic E-state index is -0.265. The summed E-state index contributed by atoms with van der Waals surface area (Å²) < 4.78 is 13.2. The van der Waals surface area contributed by atoms with Crippen LogP contribution in [0, 0.1) is 5.82 Å². The van der Waals surface area contributed by atoms with Crippen LogP contribution in [0.4, 0.5) is 10.2 Å². The molecule has 1 aromatic heterocycles. The van der Waals surface area contributed by atoms with Crippen LogP contribution in [0.15, 0.2) is 30.3 Å². The summed E-state index contributed by atoms with van der Waals surface area (Å²) >= 11 is 0. The van der Waals surface area contributed by atoms with Crippen LogP contribution in [0.3, 0.4) is 0 Å². The predicted molar refractivity (Wildman–Crippen MR) is 68.9 cm³/mol. The standard InChI is InChI=1S/C14H14FN3/c1-16-13-8-12(9-5-6-9)17-14(18-13)10-3-2-4-11(15)7-10/h2-4,7-9H,5-6H2,1H3,(H,16,17,18). The maximum Gasteiger partial charge on any atom is 0.161 e. The highest BCUT2D eigenvalue weighted by molar-refractivity contribution is 5.58. The van der Waals surface area contributed by atoms with Crippen molar-refractivity contribution < 1.29 is 4.39 Å². The molecule has 0 bridgehead atoms. The van der Waals surface area contributed by atoms with Gasteiger partial charge in [0.1, 0.15) is 11.6 Å². The average molecular weight is 243 g/mol. The van der Waals surface area contributed by atoms with E-state index >= 15 is 0 Å². The number of rotatable bonds is 3. The van der Waals surface area contributed by atoms with Gasteiger partial charge < -0.3 is 5.32 Å². The molecule has 0 radical (unpaired) electrons. The molecule has 1 fully saturated rings. The van der Waals surface area contributed by atoms with E-state index in [1.54, 1.807) is 6.07 Å². The predicted octanol–water partition coefficient (Wildman–Crippen LogP) is 3.20. The van der Waals surface area contributed by atoms with Crippen LogP contribution in [-0.2, 0) is 0 Å². The van der Waals surface area contributed by atoms with Crippen LogP contribution in [0.2, 0.25) is 0 Å². The fraction of sp³-hybridized carbons (Fsp3) is 0.286. The van der Waals surface area contributed by atoms with Crippen molar-refractivity contribution in [1.29, 1.82) is 0 Å². The molecule has 0 unspecified atom stereocenters. The molecule has 0 aliphatic heterocycles. The Kier molecular flexibility index (Phi) is 2.70. The molecule has 1 aromatic carbocycles. The summed E-state index contributed by atoms with van der Waals surface area (Å²) in [6.45, 7) is 0. The van der Waals surface area contributed by atoms with Gasteiger partial charge in [0.25, 0.3) is 0 Å². The molecule has 3 rings (SSSR count). The number of benzene rings is 1. The van der Waals surface area contributed by atoms with Gasteiger partial charge in [-0.25, -0.2) is 14.4 Å². The Morgan fingerprint density at radius 3 is 2.72 bits per heavy atom. The third kappa shape index (κ3) is 2.18. The Hall–Kier alpha value is -1.97. The van der Waals surface area contributed by atoms with E-state index < -0.39 is 0 Å². The van der Waals surface area contributed by atoms with E-state index in [2.05, 4.69) is 15.3 Å². The molecule has 1 saturated carbocycles. The van der Waals surface area contributed by atoms with E-state index in [1.165, 1.54) is 25.0 Å². The highest BCUT2D eigenvalue weighted by atomic mass is 19.1. The second-order valence-corrected chi connectivity index (χ2v) is 4.54. The second-order valence-electron chi connectivity index (χ2n) is 4.54. The van der Waals surface area contributed by atoms with Crippen molar-refractivity contribution in [3.05, 3.63) is 41.8 Å². The van der Waals surface area contributed by atoms with Crippen molar-refractivity contribution in [2.45, 2.75) is 18.8 Å². The third-order valence-corrected chi connectivity index (χ3v) is 3.08. The lowest BCUT2D eigenvalue weighted by Crippen LogP contribution is -2.00. The molecule has 2 aromatic rings. The number of hydrogen-bond donors (Lipinski definition) is 1. The third-order valence-electron chi connectivity index (χ3n) is 3.08. The minimum Gasteiger partial charge on any atom is -0.373 e. The molecule has 3 nitrogen and oxygen atoms in total. The van der Waals surface area contributed by atoms with Crippen LogP contribution in [0.25, 0.3) is 11.4 Å². The molecule has 1 heterocycles. The van der Waals surface area contributed by atoms with Crippen molar-refractivity contribution in [2.24, 2.45) is 0 Å². The fourth-order valence-electron chi connectivity index (χ4n) is 1.94. The molecule has 0 spiro atoms. The Bertz CT molecular complexity index is 579. The molecule has 1 aliphatic carbocycles. The number of aromatic nitrogens is 2. The Labute approximate surface area is 105 Å². The van der Waals surface area contributed by atoms with Crippen molar-refractivity contribution in [1.82, 2.24) is 9.97 Å². The van der Waals surface area contributed by atoms with Gasteiger partial charge in [0.05, 0.1) is 0 Å². The van der Waals surface area contributed by atoms with Gasteiger partial charge in [0.15, 0.2) is 5.82 Å². The smallest absolute Gasteiger partial charge is 0.161 e. The van der Waals surface area contributed by atoms with E-state index in [0.717, 1.165) is 11.5 Å². The Morgan fingerprint density at radius 2 is 2.06 bits per heavy atom. The number of nitrogens with zero attached hydrogens (tertiary/aromatic N) is 2. The van der Waals surface area contributed by atoms with Crippen LogP contribution in [-0.4, -0.2) is 17.0 Å². The van der Waals surface area contributed by atoms with Gasteiger partial charge >= 0.3 is 0 Å². The summed E-state index contributed by atoms with van der Waals surface area (Å²) in [5.74, 6) is 1.65. The first-order chi connectivity index (χ1) is 8.76. The Morgan fingerprint density at radius 1 is 1.22 bits per heavy atom. The van der Waals surface area contributed by atoms with Gasteiger partial charge in [-0.2, -0.15) is 0 Å². The molecule has 0 atom stereocenters. The monoisotopic (exact) mass is 243 g/mol. The van der Waals surface area contributed by atoms with Crippen molar-refractivity contribution in [2.75, 3.05) is 12.4 Å². The normalized spacial score (nSPS) is 14.6. The molecule has 0 saturated heterocycles. The summed E-state index contributed by atoms with van der Waals surface area (Å²) in [4.78, 5) is 8.92. The van der Waals surface area contributed by atoms with Crippen LogP contribution in [0.5, 0.6) is 0 Å². The lowest BCUT2D eigenvalue weighted by atomic mass is 10.2. The largest absolute Gasteiger partial charge is 0.373 e. The summed E-state index contributed by atoms with van der Waals surface area (Å²) in [7, 11) is 1.83. The first-order valence-electron chi connectivity index (χ1n) is 6.09. The lowest BCUT2D eigenvalue weighted by Gasteiger charge is -2.07. The zero-order chi connectivity index (χ0) is 12.5. The van der Waals surface area contributed by atoms with Gasteiger partial charge in [-0.3, -0.25) is 0 Å². The zero-order valence-corrected chi connectivity index (χ0v) is 10.2. The van der Waals surface area contributed by atoms with Gasteiger partial charge in [-0.05, 0) is 25.0 Å². The van der Waals surface area contributed by atoms with Crippen LogP contribution >= 0.6 is 0 Å². The van der Waals surface area contributed by atoms with E-state index in [-0.39, 0.29) is 5.82 Å². The van der Waals surface area contributed by atoms with E-state index in [1.807, 2.05) is 19.2 Å². The molecule has 1 aliphatic rings. The zero-order valence-electron chi connectivity index (χ0n) is 10.2. The number of halogens is 1. The maximum absolute atomic E-state index is 13.2. The topological polar surface area (TPSA) is 37.8 Å². The fourth-order valence-corrected chi connectivity index (χ4v) is 1.94. The number of anilines is 1. The second kappa shape index (κ2) is 4.37. The van der Waals surface area contributed by atoms with Gasteiger partial charge in [0.2, 0.25) is 0 Å². The number of nitrogens with one attached hydrogen (secondary N) is 1. The van der Waals surface area contributed by atoms with E-state index in [4.69, 9.17) is 0 Å². The molecular formula is C14H14FN3. The van der Waals surface area contributed by atoms with Crippen molar-refractivity contribution in [3.63, 3.8) is 0 Å². The molecule has 4 heteroatoms. The molecule has 0 amide bonds.